The standard InChI is InChI=1S/C15H20Cl2N2O3/c1-4-19-7-5-6-11(19)18-15(20)12-13(21-2)9(16)8-10(17)14(12)22-3/h8,11H,4-7H2,1-3H3,(H,18,20)/i2-1,3-1. The van der Waals surface area contributed by atoms with E-state index >= 15 is 0 Å². The van der Waals surface area contributed by atoms with Gasteiger partial charge >= 0.3 is 0 Å². The second-order valence-corrected chi connectivity index (χ2v) is 5.86. The quantitative estimate of drug-likeness (QED) is 0.891. The molecule has 0 spiro atoms. The lowest BCUT2D eigenvalue weighted by atomic mass is 10.1. The smallest absolute Gasteiger partial charge is 0.260 e. The third-order valence-electron chi connectivity index (χ3n) is 3.84. The zero-order chi connectivity index (χ0) is 16.3. The van der Waals surface area contributed by atoms with Crippen LogP contribution < -0.4 is 14.8 Å². The molecule has 0 aromatic heterocycles. The highest BCUT2D eigenvalue weighted by Gasteiger charge is 2.29. The number of nitrogens with zero attached hydrogens (tertiary/aromatic N) is 1. The van der Waals surface area contributed by atoms with Crippen LogP contribution in [-0.2, 0) is 0 Å². The Morgan fingerprint density at radius 1 is 1.32 bits per heavy atom. The average Bonchev–Trinajstić information content (AvgIpc) is 2.93. The van der Waals surface area contributed by atoms with E-state index in [1.54, 1.807) is 0 Å². The van der Waals surface area contributed by atoms with Crippen LogP contribution in [0.25, 0.3) is 0 Å². The molecule has 1 aliphatic heterocycles. The maximum Gasteiger partial charge on any atom is 0.260 e. The Hall–Kier alpha value is -1.17. The molecule has 7 heteroatoms. The van der Waals surface area contributed by atoms with E-state index in [-0.39, 0.29) is 39.2 Å². The van der Waals surface area contributed by atoms with Gasteiger partial charge in [-0.25, -0.2) is 0 Å². The van der Waals surface area contributed by atoms with Gasteiger partial charge in [-0.3, -0.25) is 9.69 Å². The number of carbonyl (C=O) groups excluding carboxylic acids is 1. The number of amides is 1. The van der Waals surface area contributed by atoms with Crippen molar-refractivity contribution < 1.29 is 14.3 Å². The molecule has 1 aromatic carbocycles. The maximum absolute atomic E-state index is 12.7. The molecule has 0 bridgehead atoms. The highest BCUT2D eigenvalue weighted by atomic mass is 35.5. The summed E-state index contributed by atoms with van der Waals surface area (Å²) in [5.74, 6) is 0.228. The van der Waals surface area contributed by atoms with Crippen LogP contribution in [0.3, 0.4) is 0 Å². The second kappa shape index (κ2) is 7.40. The number of benzene rings is 1. The van der Waals surface area contributed by atoms with E-state index in [2.05, 4.69) is 17.1 Å². The minimum atomic E-state index is -0.302. The first-order chi connectivity index (χ1) is 10.5. The molecule has 2 rings (SSSR count). The predicted octanol–water partition coefficient (Wildman–Crippen LogP) is 3.18. The molecule has 0 saturated carbocycles. The molecule has 0 aliphatic carbocycles. The number of rotatable bonds is 5. The summed E-state index contributed by atoms with van der Waals surface area (Å²) in [6.07, 6.45) is 1.98. The molecular formula is C15H20Cl2N2O3. The van der Waals surface area contributed by atoms with Gasteiger partial charge < -0.3 is 14.8 Å². The van der Waals surface area contributed by atoms with Crippen molar-refractivity contribution in [2.75, 3.05) is 27.3 Å². The van der Waals surface area contributed by atoms with Crippen LogP contribution in [0.4, 0.5) is 0 Å². The number of likely N-dealkylation sites (tertiary alicyclic amines) is 1. The molecule has 1 N–H and O–H groups in total. The van der Waals surface area contributed by atoms with Crippen molar-refractivity contribution >= 4 is 29.1 Å². The molecule has 1 aromatic rings. The van der Waals surface area contributed by atoms with E-state index < -0.39 is 0 Å². The third kappa shape index (κ3) is 3.26. The van der Waals surface area contributed by atoms with Gasteiger partial charge in [-0.05, 0) is 25.5 Å². The fourth-order valence-corrected chi connectivity index (χ4v) is 3.40. The Morgan fingerprint density at radius 2 is 1.91 bits per heavy atom. The highest BCUT2D eigenvalue weighted by Crippen LogP contribution is 2.41. The van der Waals surface area contributed by atoms with E-state index in [1.807, 2.05) is 0 Å². The van der Waals surface area contributed by atoms with E-state index in [4.69, 9.17) is 32.7 Å². The van der Waals surface area contributed by atoms with Gasteiger partial charge in [0.1, 0.15) is 5.56 Å². The van der Waals surface area contributed by atoms with E-state index in [9.17, 15) is 4.79 Å². The zero-order valence-electron chi connectivity index (χ0n) is 12.9. The van der Waals surface area contributed by atoms with Crippen LogP contribution in [0.5, 0.6) is 11.5 Å². The van der Waals surface area contributed by atoms with Crippen molar-refractivity contribution in [2.45, 2.75) is 25.9 Å². The predicted molar refractivity (Wildman–Crippen MR) is 87.3 cm³/mol. The first kappa shape index (κ1) is 17.2. The van der Waals surface area contributed by atoms with Gasteiger partial charge in [0.25, 0.3) is 5.91 Å². The first-order valence-corrected chi connectivity index (χ1v) is 7.93. The SMILES string of the molecule is CCN1CCCC1NC(=O)c1c(O[11CH3])c(Cl)cc(Cl)c1O[11CH3]. The lowest BCUT2D eigenvalue weighted by molar-refractivity contribution is 0.0883. The van der Waals surface area contributed by atoms with Crippen LogP contribution in [0, 0.1) is 0 Å². The van der Waals surface area contributed by atoms with E-state index in [1.165, 1.54) is 20.3 Å². The van der Waals surface area contributed by atoms with Crippen LogP contribution in [0.15, 0.2) is 6.07 Å². The number of hydrogen-bond acceptors (Lipinski definition) is 4. The Bertz CT molecular complexity index is 538. The first-order valence-electron chi connectivity index (χ1n) is 7.18. The Balaban J connectivity index is 2.36. The summed E-state index contributed by atoms with van der Waals surface area (Å²) < 4.78 is 10.5. The fourth-order valence-electron chi connectivity index (χ4n) is 2.78. The summed E-state index contributed by atoms with van der Waals surface area (Å²) >= 11 is 12.3. The molecular weight excluding hydrogens is 325 g/mol. The van der Waals surface area contributed by atoms with Crippen molar-refractivity contribution in [3.63, 3.8) is 0 Å². The average molecular weight is 345 g/mol. The van der Waals surface area contributed by atoms with Gasteiger partial charge in [0.2, 0.25) is 0 Å². The van der Waals surface area contributed by atoms with E-state index in [0.717, 1.165) is 25.9 Å². The number of halogens is 2. The van der Waals surface area contributed by atoms with Gasteiger partial charge in [-0.15, -0.1) is 0 Å². The molecule has 122 valence electrons. The fraction of sp³-hybridized carbons (Fsp3) is 0.533. The largest absolute Gasteiger partial charge is 0.494 e. The van der Waals surface area contributed by atoms with Crippen molar-refractivity contribution in [1.82, 2.24) is 10.2 Å². The highest BCUT2D eigenvalue weighted by molar-refractivity contribution is 6.37. The molecule has 1 atom stereocenters. The molecule has 1 amide bonds. The summed E-state index contributed by atoms with van der Waals surface area (Å²) in [5, 5.41) is 3.56. The number of nitrogens with one attached hydrogen (secondary N) is 1. The van der Waals surface area contributed by atoms with Crippen molar-refractivity contribution in [3.8, 4) is 11.5 Å². The lowest BCUT2D eigenvalue weighted by Gasteiger charge is -2.24. The summed E-state index contributed by atoms with van der Waals surface area (Å²) in [6.45, 7) is 3.93. The van der Waals surface area contributed by atoms with Gasteiger partial charge in [0, 0.05) is 6.54 Å². The molecule has 1 saturated heterocycles. The van der Waals surface area contributed by atoms with E-state index in [0.29, 0.717) is 0 Å². The third-order valence-corrected chi connectivity index (χ3v) is 4.41. The number of carbonyl (C=O) groups is 1. The van der Waals surface area contributed by atoms with Crippen molar-refractivity contribution in [1.29, 1.82) is 0 Å². The molecule has 1 heterocycles. The Morgan fingerprint density at radius 3 is 2.41 bits per heavy atom. The molecule has 1 aliphatic rings. The number of hydrogen-bond donors (Lipinski definition) is 1. The number of methoxy groups -OCH3 is 2. The minimum absolute atomic E-state index is 0.00432. The van der Waals surface area contributed by atoms with Crippen LogP contribution in [0.2, 0.25) is 10.0 Å². The Kier molecular flexibility index (Phi) is 5.78. The van der Waals surface area contributed by atoms with Gasteiger partial charge in [0.05, 0.1) is 30.4 Å². The van der Waals surface area contributed by atoms with Crippen molar-refractivity contribution in [3.05, 3.63) is 21.7 Å². The second-order valence-electron chi connectivity index (χ2n) is 5.04. The van der Waals surface area contributed by atoms with Gasteiger partial charge in [0.15, 0.2) is 11.5 Å². The van der Waals surface area contributed by atoms with Crippen LogP contribution in [0.1, 0.15) is 30.1 Å². The minimum Gasteiger partial charge on any atom is -0.494 e. The normalized spacial score (nSPS) is 18.3. The summed E-state index contributed by atoms with van der Waals surface area (Å²) in [5.41, 5.74) is 0.227. The van der Waals surface area contributed by atoms with Crippen molar-refractivity contribution in [2.24, 2.45) is 0 Å². The summed E-state index contributed by atoms with van der Waals surface area (Å²) in [4.78, 5) is 14.9. The number of ether oxygens (including phenoxy) is 2. The van der Waals surface area contributed by atoms with Crippen LogP contribution in [-0.4, -0.2) is 44.3 Å². The van der Waals surface area contributed by atoms with Gasteiger partial charge in [-0.1, -0.05) is 30.1 Å². The molecule has 1 fully saturated rings. The molecule has 1 unspecified atom stereocenters. The Labute approximate surface area is 140 Å². The van der Waals surface area contributed by atoms with Gasteiger partial charge in [-0.2, -0.15) is 0 Å². The molecule has 0 radical (unpaired) electrons. The summed E-state index contributed by atoms with van der Waals surface area (Å²) in [6, 6.07) is 1.51. The maximum atomic E-state index is 12.7. The molecule has 22 heavy (non-hydrogen) atoms. The zero-order valence-corrected chi connectivity index (χ0v) is 14.4. The van der Waals surface area contributed by atoms with Crippen LogP contribution >= 0.6 is 23.2 Å². The topological polar surface area (TPSA) is 50.8 Å². The molecule has 5 nitrogen and oxygen atoms in total. The lowest BCUT2D eigenvalue weighted by Crippen LogP contribution is -2.44. The summed E-state index contributed by atoms with van der Waals surface area (Å²) in [7, 11) is 2.92. The monoisotopic (exact) mass is 344 g/mol.